The second-order valence-electron chi connectivity index (χ2n) is 3.94. The Morgan fingerprint density at radius 2 is 2.00 bits per heavy atom. The van der Waals surface area contributed by atoms with Gasteiger partial charge in [0.1, 0.15) is 6.79 Å². The Bertz CT molecular complexity index is 144. The Morgan fingerprint density at radius 3 is 2.73 bits per heavy atom. The molecule has 64 valence electrons. The molecule has 2 nitrogen and oxygen atoms in total. The largest absolute Gasteiger partial charge is 0.349 e. The molecule has 0 radical (unpaired) electrons. The maximum atomic E-state index is 5.53. The number of ether oxygens (including phenoxy) is 2. The molecule has 0 aromatic heterocycles. The van der Waals surface area contributed by atoms with Crippen molar-refractivity contribution in [2.75, 3.05) is 6.79 Å². The van der Waals surface area contributed by atoms with Gasteiger partial charge < -0.3 is 9.47 Å². The number of hydrogen-bond acceptors (Lipinski definition) is 2. The van der Waals surface area contributed by atoms with Gasteiger partial charge in [0.25, 0.3) is 0 Å². The lowest BCUT2D eigenvalue weighted by Crippen LogP contribution is -2.25. The van der Waals surface area contributed by atoms with Crippen LogP contribution in [0.4, 0.5) is 0 Å². The predicted octanol–water partition coefficient (Wildman–Crippen LogP) is 1.79. The van der Waals surface area contributed by atoms with Gasteiger partial charge in [-0.15, -0.1) is 0 Å². The number of hydrogen-bond donors (Lipinski definition) is 0. The first-order chi connectivity index (χ1) is 5.29. The SMILES string of the molecule is CC(C)C1CCC2OCOC21. The second-order valence-corrected chi connectivity index (χ2v) is 3.94. The van der Waals surface area contributed by atoms with Crippen LogP contribution in [0.1, 0.15) is 26.7 Å². The van der Waals surface area contributed by atoms with Gasteiger partial charge in [-0.2, -0.15) is 0 Å². The third-order valence-corrected chi connectivity index (χ3v) is 2.97. The molecule has 0 amide bonds. The second kappa shape index (κ2) is 2.76. The first kappa shape index (κ1) is 7.56. The van der Waals surface area contributed by atoms with Crippen LogP contribution in [0.3, 0.4) is 0 Å². The van der Waals surface area contributed by atoms with Crippen molar-refractivity contribution < 1.29 is 9.47 Å². The van der Waals surface area contributed by atoms with Gasteiger partial charge in [-0.25, -0.2) is 0 Å². The standard InChI is InChI=1S/C9H16O2/c1-6(2)7-3-4-8-9(7)11-5-10-8/h6-9H,3-5H2,1-2H3. The summed E-state index contributed by atoms with van der Waals surface area (Å²) in [5.74, 6) is 1.48. The predicted molar refractivity (Wildman–Crippen MR) is 42.2 cm³/mol. The van der Waals surface area contributed by atoms with Crippen LogP contribution in [0.2, 0.25) is 0 Å². The molecule has 11 heavy (non-hydrogen) atoms. The van der Waals surface area contributed by atoms with Gasteiger partial charge in [0.15, 0.2) is 0 Å². The summed E-state index contributed by atoms with van der Waals surface area (Å²) in [5, 5.41) is 0. The molecule has 1 aliphatic carbocycles. The summed E-state index contributed by atoms with van der Waals surface area (Å²) in [7, 11) is 0. The summed E-state index contributed by atoms with van der Waals surface area (Å²) in [5.41, 5.74) is 0. The van der Waals surface area contributed by atoms with Crippen LogP contribution < -0.4 is 0 Å². The molecule has 2 aliphatic rings. The molecule has 1 aliphatic heterocycles. The minimum Gasteiger partial charge on any atom is -0.349 e. The molecule has 0 bridgehead atoms. The van der Waals surface area contributed by atoms with Crippen LogP contribution in [0.5, 0.6) is 0 Å². The molecule has 2 rings (SSSR count). The first-order valence-electron chi connectivity index (χ1n) is 4.52. The van der Waals surface area contributed by atoms with Crippen LogP contribution in [0.25, 0.3) is 0 Å². The normalized spacial score (nSPS) is 43.4. The molecule has 2 fully saturated rings. The van der Waals surface area contributed by atoms with E-state index in [1.807, 2.05) is 0 Å². The van der Waals surface area contributed by atoms with E-state index in [4.69, 9.17) is 9.47 Å². The van der Waals surface area contributed by atoms with E-state index in [-0.39, 0.29) is 0 Å². The van der Waals surface area contributed by atoms with E-state index in [1.54, 1.807) is 0 Å². The third-order valence-electron chi connectivity index (χ3n) is 2.97. The minimum absolute atomic E-state index is 0.412. The fourth-order valence-electron chi connectivity index (χ4n) is 2.29. The van der Waals surface area contributed by atoms with Crippen LogP contribution in [-0.4, -0.2) is 19.0 Å². The molecule has 2 heteroatoms. The average Bonchev–Trinajstić information content (AvgIpc) is 2.41. The molecule has 1 heterocycles. The summed E-state index contributed by atoms with van der Waals surface area (Å²) in [6.07, 6.45) is 3.32. The lowest BCUT2D eigenvalue weighted by molar-refractivity contribution is 0.0113. The van der Waals surface area contributed by atoms with Gasteiger partial charge in [-0.1, -0.05) is 13.8 Å². The molecule has 1 saturated heterocycles. The molecule has 0 spiro atoms. The van der Waals surface area contributed by atoms with Gasteiger partial charge in [0.05, 0.1) is 12.2 Å². The van der Waals surface area contributed by atoms with Crippen LogP contribution in [0, 0.1) is 11.8 Å². The number of fused-ring (bicyclic) bond motifs is 1. The molecule has 0 N–H and O–H groups in total. The van der Waals surface area contributed by atoms with Crippen molar-refractivity contribution in [2.24, 2.45) is 11.8 Å². The van der Waals surface area contributed by atoms with Crippen molar-refractivity contribution in [2.45, 2.75) is 38.9 Å². The minimum atomic E-state index is 0.412. The molecule has 1 saturated carbocycles. The summed E-state index contributed by atoms with van der Waals surface area (Å²) >= 11 is 0. The molecular weight excluding hydrogens is 140 g/mol. The topological polar surface area (TPSA) is 18.5 Å². The maximum absolute atomic E-state index is 5.53. The van der Waals surface area contributed by atoms with Gasteiger partial charge >= 0.3 is 0 Å². The lowest BCUT2D eigenvalue weighted by atomic mass is 9.92. The fourth-order valence-corrected chi connectivity index (χ4v) is 2.29. The van der Waals surface area contributed by atoms with Crippen LogP contribution in [-0.2, 0) is 9.47 Å². The first-order valence-corrected chi connectivity index (χ1v) is 4.52. The molecule has 0 aromatic rings. The van der Waals surface area contributed by atoms with E-state index in [0.717, 1.165) is 11.8 Å². The average molecular weight is 156 g/mol. The summed E-state index contributed by atoms with van der Waals surface area (Å²) in [6, 6.07) is 0. The Morgan fingerprint density at radius 1 is 1.18 bits per heavy atom. The summed E-state index contributed by atoms with van der Waals surface area (Å²) in [6.45, 7) is 5.07. The van der Waals surface area contributed by atoms with Gasteiger partial charge in [-0.3, -0.25) is 0 Å². The quantitative estimate of drug-likeness (QED) is 0.576. The highest BCUT2D eigenvalue weighted by Crippen LogP contribution is 2.38. The number of rotatable bonds is 1. The zero-order chi connectivity index (χ0) is 7.84. The maximum Gasteiger partial charge on any atom is 0.147 e. The van der Waals surface area contributed by atoms with Crippen LogP contribution >= 0.6 is 0 Å². The smallest absolute Gasteiger partial charge is 0.147 e. The molecular formula is C9H16O2. The van der Waals surface area contributed by atoms with E-state index in [2.05, 4.69) is 13.8 Å². The van der Waals surface area contributed by atoms with Gasteiger partial charge in [-0.05, 0) is 24.7 Å². The van der Waals surface area contributed by atoms with E-state index < -0.39 is 0 Å². The van der Waals surface area contributed by atoms with Crippen molar-refractivity contribution in [3.63, 3.8) is 0 Å². The van der Waals surface area contributed by atoms with Gasteiger partial charge in [0.2, 0.25) is 0 Å². The van der Waals surface area contributed by atoms with Crippen molar-refractivity contribution in [1.82, 2.24) is 0 Å². The highest BCUT2D eigenvalue weighted by Gasteiger charge is 2.42. The van der Waals surface area contributed by atoms with Crippen molar-refractivity contribution >= 4 is 0 Å². The van der Waals surface area contributed by atoms with E-state index in [0.29, 0.717) is 19.0 Å². The monoisotopic (exact) mass is 156 g/mol. The van der Waals surface area contributed by atoms with E-state index in [1.165, 1.54) is 12.8 Å². The Balaban J connectivity index is 2.03. The highest BCUT2D eigenvalue weighted by molar-refractivity contribution is 4.90. The third kappa shape index (κ3) is 1.18. The molecule has 3 unspecified atom stereocenters. The van der Waals surface area contributed by atoms with E-state index in [9.17, 15) is 0 Å². The van der Waals surface area contributed by atoms with E-state index >= 15 is 0 Å². The lowest BCUT2D eigenvalue weighted by Gasteiger charge is -2.19. The van der Waals surface area contributed by atoms with Crippen LogP contribution in [0.15, 0.2) is 0 Å². The van der Waals surface area contributed by atoms with Crippen molar-refractivity contribution in [3.8, 4) is 0 Å². The highest BCUT2D eigenvalue weighted by atomic mass is 16.7. The Kier molecular flexibility index (Phi) is 1.90. The zero-order valence-electron chi connectivity index (χ0n) is 7.25. The summed E-state index contributed by atoms with van der Waals surface area (Å²) in [4.78, 5) is 0. The zero-order valence-corrected chi connectivity index (χ0v) is 7.25. The van der Waals surface area contributed by atoms with Crippen molar-refractivity contribution in [3.05, 3.63) is 0 Å². The Labute approximate surface area is 67.9 Å². The molecule has 0 aromatic carbocycles. The molecule has 3 atom stereocenters. The van der Waals surface area contributed by atoms with Gasteiger partial charge in [0, 0.05) is 0 Å². The fraction of sp³-hybridized carbons (Fsp3) is 1.00. The van der Waals surface area contributed by atoms with Crippen molar-refractivity contribution in [1.29, 1.82) is 0 Å². The Hall–Kier alpha value is -0.0800. The summed E-state index contributed by atoms with van der Waals surface area (Å²) < 4.78 is 11.0.